The third-order valence-electron chi connectivity index (χ3n) is 2.24. The molecule has 0 bridgehead atoms. The molecule has 1 heterocycles. The molecule has 0 saturated carbocycles. The van der Waals surface area contributed by atoms with Crippen LogP contribution in [0, 0.1) is 0 Å². The molecule has 0 aliphatic rings. The van der Waals surface area contributed by atoms with Crippen molar-refractivity contribution < 1.29 is 17.9 Å². The summed E-state index contributed by atoms with van der Waals surface area (Å²) in [6, 6.07) is -0.344. The number of nitrogens with two attached hydrogens (primary N) is 1. The summed E-state index contributed by atoms with van der Waals surface area (Å²) in [5.41, 5.74) is 6.61. The average Bonchev–Trinajstić information content (AvgIpc) is 2.71. The SMILES string of the molecule is CCn1cc(C(N)CCOCC(F)(F)F)cn1. The maximum Gasteiger partial charge on any atom is 0.411 e. The molecule has 7 heteroatoms. The lowest BCUT2D eigenvalue weighted by Crippen LogP contribution is -2.19. The Morgan fingerprint density at radius 1 is 1.53 bits per heavy atom. The minimum absolute atomic E-state index is 0.0159. The highest BCUT2D eigenvalue weighted by Crippen LogP contribution is 2.16. The van der Waals surface area contributed by atoms with Crippen LogP contribution in [0.4, 0.5) is 13.2 Å². The first-order chi connectivity index (χ1) is 7.92. The number of nitrogens with zero attached hydrogens (tertiary/aromatic N) is 2. The second-order valence-electron chi connectivity index (χ2n) is 3.69. The molecule has 0 fully saturated rings. The van der Waals surface area contributed by atoms with Crippen LogP contribution in [0.2, 0.25) is 0 Å². The molecule has 2 N–H and O–H groups in total. The zero-order valence-corrected chi connectivity index (χ0v) is 9.57. The summed E-state index contributed by atoms with van der Waals surface area (Å²) in [6.07, 6.45) is -0.533. The van der Waals surface area contributed by atoms with Gasteiger partial charge >= 0.3 is 6.18 Å². The number of ether oxygens (including phenoxy) is 1. The van der Waals surface area contributed by atoms with Gasteiger partial charge in [0.25, 0.3) is 0 Å². The first kappa shape index (κ1) is 14.0. The van der Waals surface area contributed by atoms with Gasteiger partial charge in [-0.2, -0.15) is 18.3 Å². The van der Waals surface area contributed by atoms with Crippen LogP contribution in [0.5, 0.6) is 0 Å². The molecule has 0 aliphatic heterocycles. The zero-order valence-electron chi connectivity index (χ0n) is 9.57. The van der Waals surface area contributed by atoms with Crippen LogP contribution in [-0.2, 0) is 11.3 Å². The van der Waals surface area contributed by atoms with Gasteiger partial charge in [0, 0.05) is 31.0 Å². The zero-order chi connectivity index (χ0) is 12.9. The molecular formula is C10H16F3N3O. The van der Waals surface area contributed by atoms with Gasteiger partial charge in [-0.25, -0.2) is 0 Å². The first-order valence-electron chi connectivity index (χ1n) is 5.35. The van der Waals surface area contributed by atoms with Crippen LogP contribution in [-0.4, -0.2) is 29.2 Å². The number of alkyl halides is 3. The highest BCUT2D eigenvalue weighted by atomic mass is 19.4. The lowest BCUT2D eigenvalue weighted by molar-refractivity contribution is -0.174. The molecule has 0 spiro atoms. The van der Waals surface area contributed by atoms with E-state index in [4.69, 9.17) is 5.73 Å². The molecule has 1 aromatic heterocycles. The summed E-state index contributed by atoms with van der Waals surface area (Å²) in [7, 11) is 0. The lowest BCUT2D eigenvalue weighted by Gasteiger charge is -2.11. The normalized spacial score (nSPS) is 13.9. The molecule has 1 unspecified atom stereocenters. The van der Waals surface area contributed by atoms with Crippen molar-refractivity contribution in [1.82, 2.24) is 9.78 Å². The number of hydrogen-bond acceptors (Lipinski definition) is 3. The standard InChI is InChI=1S/C10H16F3N3O/c1-2-16-6-8(5-15-16)9(14)3-4-17-7-10(11,12)13/h5-6,9H,2-4,7,14H2,1H3. The Balaban J connectivity index is 2.27. The molecule has 0 aliphatic carbocycles. The predicted molar refractivity (Wildman–Crippen MR) is 56.3 cm³/mol. The van der Waals surface area contributed by atoms with E-state index in [1.807, 2.05) is 6.92 Å². The van der Waals surface area contributed by atoms with Crippen LogP contribution in [0.25, 0.3) is 0 Å². The van der Waals surface area contributed by atoms with E-state index in [-0.39, 0.29) is 12.6 Å². The summed E-state index contributed by atoms with van der Waals surface area (Å²) in [6.45, 7) is 1.43. The Labute approximate surface area is 97.5 Å². The monoisotopic (exact) mass is 251 g/mol. The van der Waals surface area contributed by atoms with E-state index in [2.05, 4.69) is 9.84 Å². The average molecular weight is 251 g/mol. The van der Waals surface area contributed by atoms with E-state index in [9.17, 15) is 13.2 Å². The molecule has 1 atom stereocenters. The van der Waals surface area contributed by atoms with Gasteiger partial charge in [-0.15, -0.1) is 0 Å². The quantitative estimate of drug-likeness (QED) is 0.785. The third kappa shape index (κ3) is 5.18. The fourth-order valence-electron chi connectivity index (χ4n) is 1.31. The number of aryl methyl sites for hydroxylation is 1. The molecule has 0 saturated heterocycles. The van der Waals surface area contributed by atoms with Crippen molar-refractivity contribution in [1.29, 1.82) is 0 Å². The summed E-state index contributed by atoms with van der Waals surface area (Å²) < 4.78 is 41.6. The van der Waals surface area contributed by atoms with Gasteiger partial charge < -0.3 is 10.5 Å². The van der Waals surface area contributed by atoms with Crippen LogP contribution < -0.4 is 5.73 Å². The van der Waals surface area contributed by atoms with E-state index in [0.29, 0.717) is 6.42 Å². The maximum atomic E-state index is 11.8. The van der Waals surface area contributed by atoms with Gasteiger partial charge in [0.05, 0.1) is 6.20 Å². The van der Waals surface area contributed by atoms with Crippen molar-refractivity contribution >= 4 is 0 Å². The van der Waals surface area contributed by atoms with E-state index in [0.717, 1.165) is 12.1 Å². The van der Waals surface area contributed by atoms with Crippen LogP contribution >= 0.6 is 0 Å². The molecular weight excluding hydrogens is 235 g/mol. The highest BCUT2D eigenvalue weighted by Gasteiger charge is 2.27. The Morgan fingerprint density at radius 3 is 2.76 bits per heavy atom. The summed E-state index contributed by atoms with van der Waals surface area (Å²) in [4.78, 5) is 0. The fraction of sp³-hybridized carbons (Fsp3) is 0.700. The Kier molecular flexibility index (Phi) is 4.95. The van der Waals surface area contributed by atoms with Gasteiger partial charge in [0.2, 0.25) is 0 Å². The molecule has 0 amide bonds. The van der Waals surface area contributed by atoms with Crippen molar-refractivity contribution in [3.63, 3.8) is 0 Å². The molecule has 1 aromatic rings. The number of rotatable bonds is 6. The van der Waals surface area contributed by atoms with Crippen molar-refractivity contribution in [2.24, 2.45) is 5.73 Å². The smallest absolute Gasteiger partial charge is 0.372 e. The molecule has 98 valence electrons. The van der Waals surface area contributed by atoms with Gasteiger partial charge in [-0.1, -0.05) is 0 Å². The van der Waals surface area contributed by atoms with E-state index in [1.54, 1.807) is 17.1 Å². The fourth-order valence-corrected chi connectivity index (χ4v) is 1.31. The topological polar surface area (TPSA) is 53.1 Å². The highest BCUT2D eigenvalue weighted by molar-refractivity contribution is 5.09. The molecule has 0 radical (unpaired) electrons. The second-order valence-corrected chi connectivity index (χ2v) is 3.69. The number of halogens is 3. The summed E-state index contributed by atoms with van der Waals surface area (Å²) in [5.74, 6) is 0. The van der Waals surface area contributed by atoms with Crippen molar-refractivity contribution in [3.05, 3.63) is 18.0 Å². The van der Waals surface area contributed by atoms with Crippen LogP contribution in [0.3, 0.4) is 0 Å². The van der Waals surface area contributed by atoms with Crippen LogP contribution in [0.1, 0.15) is 24.9 Å². The van der Waals surface area contributed by atoms with Crippen LogP contribution in [0.15, 0.2) is 12.4 Å². The Morgan fingerprint density at radius 2 is 2.24 bits per heavy atom. The second kappa shape index (κ2) is 6.02. The number of hydrogen-bond donors (Lipinski definition) is 1. The van der Waals surface area contributed by atoms with Gasteiger partial charge in [0.15, 0.2) is 0 Å². The van der Waals surface area contributed by atoms with Crippen molar-refractivity contribution in [3.8, 4) is 0 Å². The molecule has 17 heavy (non-hydrogen) atoms. The maximum absolute atomic E-state index is 11.8. The summed E-state index contributed by atoms with van der Waals surface area (Å²) >= 11 is 0. The van der Waals surface area contributed by atoms with E-state index in [1.165, 1.54) is 0 Å². The summed E-state index contributed by atoms with van der Waals surface area (Å²) in [5, 5.41) is 4.04. The van der Waals surface area contributed by atoms with Crippen molar-refractivity contribution in [2.45, 2.75) is 32.1 Å². The minimum atomic E-state index is -4.28. The Bertz CT molecular complexity index is 338. The minimum Gasteiger partial charge on any atom is -0.372 e. The van der Waals surface area contributed by atoms with E-state index >= 15 is 0 Å². The molecule has 0 aromatic carbocycles. The largest absolute Gasteiger partial charge is 0.411 e. The van der Waals surface area contributed by atoms with Gasteiger partial charge in [-0.3, -0.25) is 4.68 Å². The van der Waals surface area contributed by atoms with E-state index < -0.39 is 12.8 Å². The predicted octanol–water partition coefficient (Wildman–Crippen LogP) is 1.87. The lowest BCUT2D eigenvalue weighted by atomic mass is 10.1. The van der Waals surface area contributed by atoms with Gasteiger partial charge in [-0.05, 0) is 13.3 Å². The third-order valence-corrected chi connectivity index (χ3v) is 2.24. The first-order valence-corrected chi connectivity index (χ1v) is 5.35. The number of aromatic nitrogens is 2. The molecule has 1 rings (SSSR count). The van der Waals surface area contributed by atoms with Crippen molar-refractivity contribution in [2.75, 3.05) is 13.2 Å². The van der Waals surface area contributed by atoms with Gasteiger partial charge in [0.1, 0.15) is 6.61 Å². The molecule has 4 nitrogen and oxygen atoms in total. The Hall–Kier alpha value is -1.08.